The number of thioether (sulfide) groups is 1. The Labute approximate surface area is 196 Å². The van der Waals surface area contributed by atoms with E-state index in [0.717, 1.165) is 10.9 Å². The Morgan fingerprint density at radius 2 is 1.81 bits per heavy atom. The number of fused-ring (bicyclic) bond motifs is 2. The monoisotopic (exact) mass is 443 g/mol. The van der Waals surface area contributed by atoms with Gasteiger partial charge in [0.15, 0.2) is 6.20 Å². The second-order valence-corrected chi connectivity index (χ2v) is 10.2. The maximum Gasteiger partial charge on any atom is 0.211 e. The zero-order valence-corrected chi connectivity index (χ0v) is 20.5. The van der Waals surface area contributed by atoms with E-state index in [1.54, 1.807) is 0 Å². The molecule has 3 nitrogen and oxygen atoms in total. The minimum Gasteiger partial charge on any atom is -0.338 e. The Morgan fingerprint density at radius 1 is 1.00 bits per heavy atom. The van der Waals surface area contributed by atoms with Crippen molar-refractivity contribution in [3.63, 3.8) is 0 Å². The van der Waals surface area contributed by atoms with Gasteiger partial charge in [-0.3, -0.25) is 0 Å². The number of hydrogen-bond acceptors (Lipinski definition) is 2. The fourth-order valence-electron chi connectivity index (χ4n) is 4.55. The highest BCUT2D eigenvalue weighted by Gasteiger charge is 2.27. The Balaban J connectivity index is 1.60. The number of benzene rings is 2. The summed E-state index contributed by atoms with van der Waals surface area (Å²) in [6, 6.07) is 17.8. The van der Waals surface area contributed by atoms with Crippen LogP contribution in [0.5, 0.6) is 0 Å². The molecule has 0 saturated carbocycles. The largest absolute Gasteiger partial charge is 0.338 e. The molecule has 0 spiro atoms. The molecule has 2 heterocycles. The zero-order valence-electron chi connectivity index (χ0n) is 19.7. The van der Waals surface area contributed by atoms with Crippen LogP contribution in [-0.4, -0.2) is 32.7 Å². The summed E-state index contributed by atoms with van der Waals surface area (Å²) in [7, 11) is 8.96. The summed E-state index contributed by atoms with van der Waals surface area (Å²) in [6.45, 7) is 2.28. The van der Waals surface area contributed by atoms with Gasteiger partial charge in [-0.25, -0.2) is 4.98 Å². The lowest BCUT2D eigenvalue weighted by Crippen LogP contribution is -2.38. The van der Waals surface area contributed by atoms with Gasteiger partial charge in [0.1, 0.15) is 6.04 Å². The molecule has 0 amide bonds. The lowest BCUT2D eigenvalue weighted by atomic mass is 9.94. The molecule has 0 aliphatic carbocycles. The second kappa shape index (κ2) is 9.35. The van der Waals surface area contributed by atoms with E-state index in [0.29, 0.717) is 6.04 Å². The van der Waals surface area contributed by atoms with Gasteiger partial charge in [0, 0.05) is 36.1 Å². The lowest BCUT2D eigenvalue weighted by Gasteiger charge is -2.34. The molecule has 1 atom stereocenters. The number of H-pyrrole nitrogens is 1. The Bertz CT molecular complexity index is 1200. The number of para-hydroxylation sites is 1. The van der Waals surface area contributed by atoms with Crippen LogP contribution in [0.4, 0.5) is 5.69 Å². The average molecular weight is 444 g/mol. The number of allylic oxidation sites excluding steroid dienone is 4. The van der Waals surface area contributed by atoms with E-state index in [1.807, 2.05) is 18.0 Å². The van der Waals surface area contributed by atoms with E-state index < -0.39 is 0 Å². The summed E-state index contributed by atoms with van der Waals surface area (Å²) in [6.07, 6.45) is 13.9. The quantitative estimate of drug-likeness (QED) is 0.321. The molecule has 4 rings (SSSR count). The third-order valence-electron chi connectivity index (χ3n) is 6.08. The molecule has 4 heteroatoms. The van der Waals surface area contributed by atoms with Crippen LogP contribution in [0.15, 0.2) is 89.0 Å². The van der Waals surface area contributed by atoms with Crippen LogP contribution in [-0.2, 0) is 0 Å². The lowest BCUT2D eigenvalue weighted by molar-refractivity contribution is -0.902. The molecule has 1 aliphatic heterocycles. The van der Waals surface area contributed by atoms with E-state index >= 15 is 0 Å². The molecule has 2 aromatic carbocycles. The van der Waals surface area contributed by atoms with Crippen LogP contribution >= 0.6 is 11.8 Å². The Hall–Kier alpha value is -2.82. The number of nitrogens with zero attached hydrogens (tertiary/aromatic N) is 2. The fraction of sp³-hybridized carbons (Fsp3) is 0.250. The van der Waals surface area contributed by atoms with E-state index in [-0.39, 0.29) is 0 Å². The highest BCUT2D eigenvalue weighted by Crippen LogP contribution is 2.44. The molecule has 0 bridgehead atoms. The van der Waals surface area contributed by atoms with Crippen molar-refractivity contribution in [3.05, 3.63) is 95.2 Å². The van der Waals surface area contributed by atoms with Gasteiger partial charge in [-0.05, 0) is 23.8 Å². The third-order valence-corrected chi connectivity index (χ3v) is 7.26. The highest BCUT2D eigenvalue weighted by molar-refractivity contribution is 8.03. The first-order valence-corrected chi connectivity index (χ1v) is 12.0. The van der Waals surface area contributed by atoms with Crippen molar-refractivity contribution in [2.75, 3.05) is 33.1 Å². The smallest absolute Gasteiger partial charge is 0.211 e. The predicted molar refractivity (Wildman–Crippen MR) is 139 cm³/mol. The Morgan fingerprint density at radius 3 is 2.56 bits per heavy atom. The second-order valence-electron chi connectivity index (χ2n) is 9.12. The SMILES string of the molecule is CCC(c1cccc2[nH+]ccc(C=CC=CC=C3Sc4ccccc4N3C)c12)[N+](C)(C)C. The number of aromatic nitrogens is 1. The molecule has 0 radical (unpaired) electrons. The average Bonchev–Trinajstić information content (AvgIpc) is 3.09. The van der Waals surface area contributed by atoms with Gasteiger partial charge in [0.2, 0.25) is 5.52 Å². The molecule has 1 N–H and O–H groups in total. The maximum absolute atomic E-state index is 3.44. The molecule has 1 aliphatic rings. The molecule has 3 aromatic rings. The fourth-order valence-corrected chi connectivity index (χ4v) is 5.61. The summed E-state index contributed by atoms with van der Waals surface area (Å²) in [5.41, 5.74) is 5.11. The number of anilines is 1. The molecular formula is C28H33N3S+2. The van der Waals surface area contributed by atoms with Gasteiger partial charge in [-0.15, -0.1) is 0 Å². The highest BCUT2D eigenvalue weighted by atomic mass is 32.2. The molecule has 0 fully saturated rings. The first-order chi connectivity index (χ1) is 15.4. The van der Waals surface area contributed by atoms with Crippen molar-refractivity contribution in [3.8, 4) is 0 Å². The first-order valence-electron chi connectivity index (χ1n) is 11.2. The van der Waals surface area contributed by atoms with Crippen LogP contribution < -0.4 is 9.88 Å². The van der Waals surface area contributed by atoms with Crippen LogP contribution in [0, 0.1) is 0 Å². The van der Waals surface area contributed by atoms with Crippen molar-refractivity contribution in [2.45, 2.75) is 24.3 Å². The number of quaternary nitrogens is 1. The zero-order chi connectivity index (χ0) is 22.7. The third kappa shape index (κ3) is 4.52. The van der Waals surface area contributed by atoms with E-state index in [1.165, 1.54) is 37.6 Å². The van der Waals surface area contributed by atoms with Gasteiger partial charge in [-0.2, -0.15) is 0 Å². The van der Waals surface area contributed by atoms with Gasteiger partial charge in [-0.1, -0.05) is 67.3 Å². The number of aromatic amines is 1. The molecule has 0 saturated heterocycles. The molecule has 164 valence electrons. The van der Waals surface area contributed by atoms with Crippen LogP contribution in [0.2, 0.25) is 0 Å². The number of nitrogens with one attached hydrogen (secondary N) is 1. The van der Waals surface area contributed by atoms with Crippen molar-refractivity contribution in [1.29, 1.82) is 0 Å². The topological polar surface area (TPSA) is 17.4 Å². The summed E-state index contributed by atoms with van der Waals surface area (Å²) < 4.78 is 0.911. The van der Waals surface area contributed by atoms with E-state index in [4.69, 9.17) is 0 Å². The first kappa shape index (κ1) is 22.4. The van der Waals surface area contributed by atoms with Gasteiger partial charge in [0.25, 0.3) is 0 Å². The van der Waals surface area contributed by atoms with Crippen LogP contribution in [0.25, 0.3) is 17.0 Å². The molecule has 1 unspecified atom stereocenters. The summed E-state index contributed by atoms with van der Waals surface area (Å²) in [5.74, 6) is 0. The summed E-state index contributed by atoms with van der Waals surface area (Å²) in [4.78, 5) is 7.00. The minimum absolute atomic E-state index is 0.443. The van der Waals surface area contributed by atoms with Crippen molar-refractivity contribution >= 4 is 34.4 Å². The molecule has 1 aromatic heterocycles. The number of rotatable bonds is 6. The predicted octanol–water partition coefficient (Wildman–Crippen LogP) is 6.46. The van der Waals surface area contributed by atoms with Crippen molar-refractivity contribution < 1.29 is 9.47 Å². The maximum atomic E-state index is 3.44. The minimum atomic E-state index is 0.443. The van der Waals surface area contributed by atoms with Gasteiger partial charge in [0.05, 0.1) is 37.2 Å². The summed E-state index contributed by atoms with van der Waals surface area (Å²) in [5, 5.41) is 2.56. The molecule has 32 heavy (non-hydrogen) atoms. The molecular weight excluding hydrogens is 410 g/mol. The van der Waals surface area contributed by atoms with Crippen LogP contribution in [0.1, 0.15) is 30.5 Å². The normalized spacial score (nSPS) is 16.5. The van der Waals surface area contributed by atoms with Gasteiger partial charge < -0.3 is 9.38 Å². The van der Waals surface area contributed by atoms with E-state index in [2.05, 4.69) is 124 Å². The number of hydrogen-bond donors (Lipinski definition) is 0. The van der Waals surface area contributed by atoms with Crippen LogP contribution in [0.3, 0.4) is 0 Å². The standard InChI is InChI=1S/C28H32N3S/c1-6-25(31(3,4)5)22-14-12-15-23-28(22)21(19-20-29-23)13-8-7-9-18-27-30(2)24-16-10-11-17-26(24)32-27/h7-20,25H,6H2,1-5H3/q+1/p+1. The number of pyridine rings is 1. The van der Waals surface area contributed by atoms with Crippen molar-refractivity contribution in [2.24, 2.45) is 0 Å². The van der Waals surface area contributed by atoms with E-state index in [9.17, 15) is 0 Å². The van der Waals surface area contributed by atoms with Crippen molar-refractivity contribution in [1.82, 2.24) is 0 Å². The van der Waals surface area contributed by atoms with Gasteiger partial charge >= 0.3 is 0 Å². The summed E-state index contributed by atoms with van der Waals surface area (Å²) >= 11 is 1.82. The Kier molecular flexibility index (Phi) is 6.54.